The number of rotatable bonds is 9. The number of amides is 2. The summed E-state index contributed by atoms with van der Waals surface area (Å²) in [5, 5.41) is 12.1. The van der Waals surface area contributed by atoms with Gasteiger partial charge in [-0.3, -0.25) is 9.59 Å². The first-order valence-corrected chi connectivity index (χ1v) is 12.6. The molecule has 35 heavy (non-hydrogen) atoms. The van der Waals surface area contributed by atoms with E-state index < -0.39 is 18.1 Å². The SMILES string of the molecule is CCCCC(NC(=O)OCC1c2ccccc2-c2ccccc21)C(=O)N1CCCC[C@@H]1CC(=O)O. The number of hydrogen-bond acceptors (Lipinski definition) is 4. The number of piperidine rings is 1. The third-order valence-corrected chi connectivity index (χ3v) is 7.10. The van der Waals surface area contributed by atoms with E-state index >= 15 is 0 Å². The van der Waals surface area contributed by atoms with E-state index in [2.05, 4.69) is 29.6 Å². The molecule has 1 aliphatic heterocycles. The number of aliphatic carboxylic acids is 1. The molecule has 2 amide bonds. The number of nitrogens with one attached hydrogen (secondary N) is 1. The molecule has 0 saturated carbocycles. The summed E-state index contributed by atoms with van der Waals surface area (Å²) in [4.78, 5) is 39.2. The monoisotopic (exact) mass is 478 g/mol. The van der Waals surface area contributed by atoms with Crippen LogP contribution < -0.4 is 5.32 Å². The van der Waals surface area contributed by atoms with Gasteiger partial charge < -0.3 is 20.1 Å². The van der Waals surface area contributed by atoms with Gasteiger partial charge in [-0.05, 0) is 47.9 Å². The lowest BCUT2D eigenvalue weighted by molar-refractivity contribution is -0.143. The number of likely N-dealkylation sites (tertiary alicyclic amines) is 1. The van der Waals surface area contributed by atoms with E-state index in [0.29, 0.717) is 19.4 Å². The maximum absolute atomic E-state index is 13.4. The van der Waals surface area contributed by atoms with Crippen molar-refractivity contribution in [1.29, 1.82) is 0 Å². The van der Waals surface area contributed by atoms with Gasteiger partial charge in [0.15, 0.2) is 0 Å². The van der Waals surface area contributed by atoms with Crippen LogP contribution in [0.3, 0.4) is 0 Å². The summed E-state index contributed by atoms with van der Waals surface area (Å²) < 4.78 is 5.66. The lowest BCUT2D eigenvalue weighted by Gasteiger charge is -2.37. The highest BCUT2D eigenvalue weighted by Crippen LogP contribution is 2.44. The van der Waals surface area contributed by atoms with Crippen LogP contribution in [0.2, 0.25) is 0 Å². The minimum absolute atomic E-state index is 0.0556. The Morgan fingerprint density at radius 1 is 1.06 bits per heavy atom. The fraction of sp³-hybridized carbons (Fsp3) is 0.464. The van der Waals surface area contributed by atoms with Crippen LogP contribution in [0.4, 0.5) is 4.79 Å². The maximum Gasteiger partial charge on any atom is 0.407 e. The van der Waals surface area contributed by atoms with E-state index in [9.17, 15) is 19.5 Å². The van der Waals surface area contributed by atoms with Gasteiger partial charge in [-0.25, -0.2) is 4.79 Å². The summed E-state index contributed by atoms with van der Waals surface area (Å²) >= 11 is 0. The molecule has 1 heterocycles. The molecule has 0 spiro atoms. The van der Waals surface area contributed by atoms with Gasteiger partial charge in [0.25, 0.3) is 0 Å². The van der Waals surface area contributed by atoms with Crippen molar-refractivity contribution in [2.45, 2.75) is 69.9 Å². The summed E-state index contributed by atoms with van der Waals surface area (Å²) in [7, 11) is 0. The molecule has 1 saturated heterocycles. The van der Waals surface area contributed by atoms with Crippen LogP contribution in [-0.2, 0) is 14.3 Å². The van der Waals surface area contributed by atoms with E-state index in [0.717, 1.165) is 47.9 Å². The van der Waals surface area contributed by atoms with E-state index in [1.807, 2.05) is 31.2 Å². The molecule has 0 bridgehead atoms. The van der Waals surface area contributed by atoms with Crippen LogP contribution in [0.1, 0.15) is 68.9 Å². The van der Waals surface area contributed by atoms with Gasteiger partial charge in [0.2, 0.25) is 5.91 Å². The van der Waals surface area contributed by atoms with Crippen LogP contribution in [0, 0.1) is 0 Å². The Bertz CT molecular complexity index is 1020. The third kappa shape index (κ3) is 5.66. The molecule has 2 aliphatic rings. The number of carbonyl (C=O) groups excluding carboxylic acids is 2. The fourth-order valence-corrected chi connectivity index (χ4v) is 5.35. The van der Waals surface area contributed by atoms with Crippen molar-refractivity contribution in [3.63, 3.8) is 0 Å². The Morgan fingerprint density at radius 3 is 2.34 bits per heavy atom. The number of ether oxygens (including phenoxy) is 1. The van der Waals surface area contributed by atoms with Crippen molar-refractivity contribution < 1.29 is 24.2 Å². The van der Waals surface area contributed by atoms with Crippen molar-refractivity contribution in [2.24, 2.45) is 0 Å². The number of carbonyl (C=O) groups is 3. The number of benzene rings is 2. The summed E-state index contributed by atoms with van der Waals surface area (Å²) in [5.74, 6) is -1.18. The minimum Gasteiger partial charge on any atom is -0.481 e. The zero-order chi connectivity index (χ0) is 24.8. The van der Waals surface area contributed by atoms with Crippen molar-refractivity contribution >= 4 is 18.0 Å². The lowest BCUT2D eigenvalue weighted by atomic mass is 9.97. The fourth-order valence-electron chi connectivity index (χ4n) is 5.35. The number of unbranched alkanes of at least 4 members (excludes halogenated alkanes) is 1. The maximum atomic E-state index is 13.4. The molecule has 2 aromatic rings. The normalized spacial score (nSPS) is 17.9. The van der Waals surface area contributed by atoms with Crippen molar-refractivity contribution in [1.82, 2.24) is 10.2 Å². The molecular formula is C28H34N2O5. The highest BCUT2D eigenvalue weighted by atomic mass is 16.5. The molecule has 1 aliphatic carbocycles. The molecule has 0 aromatic heterocycles. The molecule has 2 N–H and O–H groups in total. The average Bonchev–Trinajstić information content (AvgIpc) is 3.18. The highest BCUT2D eigenvalue weighted by Gasteiger charge is 2.34. The smallest absolute Gasteiger partial charge is 0.407 e. The van der Waals surface area contributed by atoms with Crippen LogP contribution in [-0.4, -0.2) is 53.2 Å². The second-order valence-electron chi connectivity index (χ2n) is 9.44. The predicted octanol–water partition coefficient (Wildman–Crippen LogP) is 4.94. The molecule has 2 atom stereocenters. The zero-order valence-electron chi connectivity index (χ0n) is 20.2. The zero-order valence-corrected chi connectivity index (χ0v) is 20.2. The number of fused-ring (bicyclic) bond motifs is 3. The van der Waals surface area contributed by atoms with Crippen molar-refractivity contribution in [3.8, 4) is 11.1 Å². The van der Waals surface area contributed by atoms with Gasteiger partial charge in [-0.1, -0.05) is 68.3 Å². The molecule has 0 radical (unpaired) electrons. The summed E-state index contributed by atoms with van der Waals surface area (Å²) in [6.45, 7) is 2.73. The molecule has 7 heteroatoms. The number of nitrogens with zero attached hydrogens (tertiary/aromatic N) is 1. The molecule has 186 valence electrons. The largest absolute Gasteiger partial charge is 0.481 e. The van der Waals surface area contributed by atoms with E-state index in [1.165, 1.54) is 0 Å². The highest BCUT2D eigenvalue weighted by molar-refractivity contribution is 5.86. The predicted molar refractivity (Wildman–Crippen MR) is 133 cm³/mol. The second kappa shape index (κ2) is 11.4. The van der Waals surface area contributed by atoms with E-state index in [-0.39, 0.29) is 30.9 Å². The first-order chi connectivity index (χ1) is 17.0. The Hall–Kier alpha value is -3.35. The first kappa shape index (κ1) is 24.8. The Morgan fingerprint density at radius 2 is 1.71 bits per heavy atom. The van der Waals surface area contributed by atoms with Crippen LogP contribution in [0.25, 0.3) is 11.1 Å². The number of alkyl carbamates (subject to hydrolysis) is 1. The van der Waals surface area contributed by atoms with Gasteiger partial charge in [0, 0.05) is 18.5 Å². The summed E-state index contributed by atoms with van der Waals surface area (Å²) in [6.07, 6.45) is 3.88. The molecule has 1 unspecified atom stereocenters. The van der Waals surface area contributed by atoms with Crippen LogP contribution >= 0.6 is 0 Å². The van der Waals surface area contributed by atoms with Gasteiger partial charge >= 0.3 is 12.1 Å². The summed E-state index contributed by atoms with van der Waals surface area (Å²) in [5.41, 5.74) is 4.57. The molecule has 4 rings (SSSR count). The minimum atomic E-state index is -0.913. The average molecular weight is 479 g/mol. The molecule has 7 nitrogen and oxygen atoms in total. The van der Waals surface area contributed by atoms with Gasteiger partial charge in [-0.2, -0.15) is 0 Å². The van der Waals surface area contributed by atoms with Gasteiger partial charge in [0.05, 0.1) is 6.42 Å². The Labute approximate surface area is 206 Å². The molecular weight excluding hydrogens is 444 g/mol. The van der Waals surface area contributed by atoms with Crippen molar-refractivity contribution in [2.75, 3.05) is 13.2 Å². The topological polar surface area (TPSA) is 95.9 Å². The quantitative estimate of drug-likeness (QED) is 0.532. The number of carboxylic acid groups (broad SMARTS) is 1. The molecule has 1 fully saturated rings. The van der Waals surface area contributed by atoms with Crippen molar-refractivity contribution in [3.05, 3.63) is 59.7 Å². The van der Waals surface area contributed by atoms with E-state index in [4.69, 9.17) is 4.74 Å². The third-order valence-electron chi connectivity index (χ3n) is 7.10. The lowest BCUT2D eigenvalue weighted by Crippen LogP contribution is -2.54. The van der Waals surface area contributed by atoms with Gasteiger partial charge in [-0.15, -0.1) is 0 Å². The van der Waals surface area contributed by atoms with E-state index in [1.54, 1.807) is 4.90 Å². The first-order valence-electron chi connectivity index (χ1n) is 12.6. The molecule has 2 aromatic carbocycles. The number of hydrogen-bond donors (Lipinski definition) is 2. The second-order valence-corrected chi connectivity index (χ2v) is 9.44. The van der Waals surface area contributed by atoms with Crippen LogP contribution in [0.15, 0.2) is 48.5 Å². The standard InChI is InChI=1S/C28H34N2O5/c1-2-3-15-25(27(33)30-16-9-8-10-19(30)17-26(31)32)29-28(34)35-18-24-22-13-6-4-11-20(22)21-12-5-7-14-23(21)24/h4-7,11-14,19,24-25H,2-3,8-10,15-18H2,1H3,(H,29,34)(H,31,32)/t19-,25?/m1/s1. The van der Waals surface area contributed by atoms with Crippen LogP contribution in [0.5, 0.6) is 0 Å². The number of carboxylic acids is 1. The van der Waals surface area contributed by atoms with Gasteiger partial charge in [0.1, 0.15) is 12.6 Å². The summed E-state index contributed by atoms with van der Waals surface area (Å²) in [6, 6.07) is 15.2. The Kier molecular flexibility index (Phi) is 8.06. The Balaban J connectivity index is 1.43.